The molecule has 0 radical (unpaired) electrons. The molecular weight excluding hydrogens is 238 g/mol. The first-order chi connectivity index (χ1) is 9.29. The summed E-state index contributed by atoms with van der Waals surface area (Å²) in [7, 11) is 0. The molecule has 2 unspecified atom stereocenters. The van der Waals surface area contributed by atoms with Crippen LogP contribution in [0.25, 0.3) is 0 Å². The van der Waals surface area contributed by atoms with Crippen LogP contribution in [0, 0.1) is 11.8 Å². The zero-order chi connectivity index (χ0) is 13.5. The number of hydrogen-bond donors (Lipinski definition) is 1. The summed E-state index contributed by atoms with van der Waals surface area (Å²) in [5, 5.41) is 15.4. The summed E-state index contributed by atoms with van der Waals surface area (Å²) in [5.74, 6) is 2.74. The van der Waals surface area contributed by atoms with Crippen molar-refractivity contribution in [1.29, 1.82) is 0 Å². The number of aryl methyl sites for hydroxylation is 1. The van der Waals surface area contributed by atoms with E-state index in [0.717, 1.165) is 43.7 Å². The summed E-state index contributed by atoms with van der Waals surface area (Å²) in [5.41, 5.74) is 0. The monoisotopic (exact) mass is 265 g/mol. The van der Waals surface area contributed by atoms with Gasteiger partial charge in [-0.05, 0) is 48.1 Å². The van der Waals surface area contributed by atoms with Gasteiger partial charge in [0.25, 0.3) is 0 Å². The smallest absolute Gasteiger partial charge is 0.165 e. The molecule has 19 heavy (non-hydrogen) atoms. The van der Waals surface area contributed by atoms with Crippen molar-refractivity contribution >= 4 is 0 Å². The van der Waals surface area contributed by atoms with Gasteiger partial charge in [0.05, 0.1) is 6.54 Å². The molecule has 5 heteroatoms. The molecule has 0 bridgehead atoms. The number of nitrogens with one attached hydrogen (secondary N) is 1. The molecule has 1 aliphatic rings. The Labute approximate surface area is 116 Å². The average Bonchev–Trinajstić information content (AvgIpc) is 2.84. The lowest BCUT2D eigenvalue weighted by atomic mass is 9.81. The second-order valence-corrected chi connectivity index (χ2v) is 5.92. The lowest BCUT2D eigenvalue weighted by Crippen LogP contribution is -2.20. The van der Waals surface area contributed by atoms with Crippen LogP contribution in [0.4, 0.5) is 0 Å². The second kappa shape index (κ2) is 7.58. The predicted octanol–water partition coefficient (Wildman–Crippen LogP) is 2.39. The first-order valence-corrected chi connectivity index (χ1v) is 7.75. The number of tetrazole rings is 1. The van der Waals surface area contributed by atoms with E-state index in [1.165, 1.54) is 32.1 Å². The van der Waals surface area contributed by atoms with Gasteiger partial charge in [0.2, 0.25) is 0 Å². The molecule has 1 saturated carbocycles. The number of nitrogens with zero attached hydrogens (tertiary/aromatic N) is 4. The molecule has 1 N–H and O–H groups in total. The Hall–Kier alpha value is -0.970. The van der Waals surface area contributed by atoms with Crippen LogP contribution in [0.1, 0.15) is 58.2 Å². The van der Waals surface area contributed by atoms with Gasteiger partial charge < -0.3 is 5.32 Å². The lowest BCUT2D eigenvalue weighted by molar-refractivity contribution is 0.256. The van der Waals surface area contributed by atoms with Crippen molar-refractivity contribution in [3.05, 3.63) is 5.82 Å². The Kier molecular flexibility index (Phi) is 5.76. The van der Waals surface area contributed by atoms with Gasteiger partial charge in [0.15, 0.2) is 5.82 Å². The quantitative estimate of drug-likeness (QED) is 0.769. The maximum absolute atomic E-state index is 4.11. The molecule has 0 aromatic carbocycles. The van der Waals surface area contributed by atoms with Crippen molar-refractivity contribution in [2.24, 2.45) is 11.8 Å². The fraction of sp³-hybridized carbons (Fsp3) is 0.929. The highest BCUT2D eigenvalue weighted by Crippen LogP contribution is 2.30. The maximum Gasteiger partial charge on any atom is 0.165 e. The first-order valence-electron chi connectivity index (χ1n) is 7.75. The zero-order valence-electron chi connectivity index (χ0n) is 12.3. The van der Waals surface area contributed by atoms with Crippen molar-refractivity contribution in [2.45, 2.75) is 65.5 Å². The van der Waals surface area contributed by atoms with E-state index in [0.29, 0.717) is 0 Å². The lowest BCUT2D eigenvalue weighted by Gasteiger charge is -2.26. The van der Waals surface area contributed by atoms with Gasteiger partial charge in [0, 0.05) is 6.54 Å². The van der Waals surface area contributed by atoms with Crippen molar-refractivity contribution in [2.75, 3.05) is 6.54 Å². The molecule has 1 heterocycles. The molecule has 5 nitrogen and oxygen atoms in total. The molecule has 2 rings (SSSR count). The van der Waals surface area contributed by atoms with Gasteiger partial charge in [0.1, 0.15) is 0 Å². The standard InChI is InChI=1S/C14H27N5/c1-3-8-15-11-14-16-17-18-19(14)9-7-13-6-4-5-12(2)10-13/h12-13,15H,3-11H2,1-2H3. The Bertz CT molecular complexity index is 362. The van der Waals surface area contributed by atoms with Crippen LogP contribution in [0.5, 0.6) is 0 Å². The van der Waals surface area contributed by atoms with Crippen LogP contribution in [-0.2, 0) is 13.1 Å². The molecule has 0 aliphatic heterocycles. The number of aromatic nitrogens is 4. The van der Waals surface area contributed by atoms with E-state index >= 15 is 0 Å². The van der Waals surface area contributed by atoms with E-state index < -0.39 is 0 Å². The molecular formula is C14H27N5. The van der Waals surface area contributed by atoms with E-state index in [1.54, 1.807) is 0 Å². The summed E-state index contributed by atoms with van der Waals surface area (Å²) in [6.45, 7) is 7.31. The van der Waals surface area contributed by atoms with E-state index in [4.69, 9.17) is 0 Å². The molecule has 0 saturated heterocycles. The van der Waals surface area contributed by atoms with Crippen LogP contribution < -0.4 is 5.32 Å². The van der Waals surface area contributed by atoms with Crippen LogP contribution in [0.15, 0.2) is 0 Å². The van der Waals surface area contributed by atoms with Gasteiger partial charge in [-0.25, -0.2) is 4.68 Å². The van der Waals surface area contributed by atoms with Crippen molar-refractivity contribution < 1.29 is 0 Å². The van der Waals surface area contributed by atoms with E-state index in [9.17, 15) is 0 Å². The Morgan fingerprint density at radius 2 is 2.26 bits per heavy atom. The van der Waals surface area contributed by atoms with Gasteiger partial charge in [-0.2, -0.15) is 0 Å². The fourth-order valence-corrected chi connectivity index (χ4v) is 3.03. The zero-order valence-corrected chi connectivity index (χ0v) is 12.3. The topological polar surface area (TPSA) is 55.6 Å². The molecule has 1 fully saturated rings. The highest BCUT2D eigenvalue weighted by molar-refractivity contribution is 4.80. The summed E-state index contributed by atoms with van der Waals surface area (Å²) in [6, 6.07) is 0. The minimum absolute atomic E-state index is 0.780. The molecule has 1 aromatic rings. The summed E-state index contributed by atoms with van der Waals surface area (Å²) < 4.78 is 1.97. The molecule has 1 aliphatic carbocycles. The average molecular weight is 265 g/mol. The number of hydrogen-bond acceptors (Lipinski definition) is 4. The minimum Gasteiger partial charge on any atom is -0.310 e. The molecule has 1 aromatic heterocycles. The predicted molar refractivity (Wildman–Crippen MR) is 75.6 cm³/mol. The number of rotatable bonds is 7. The van der Waals surface area contributed by atoms with Gasteiger partial charge >= 0.3 is 0 Å². The normalized spacial score (nSPS) is 23.7. The molecule has 0 spiro atoms. The maximum atomic E-state index is 4.11. The van der Waals surface area contributed by atoms with Crippen molar-refractivity contribution in [3.63, 3.8) is 0 Å². The van der Waals surface area contributed by atoms with Crippen LogP contribution in [-0.4, -0.2) is 26.8 Å². The van der Waals surface area contributed by atoms with E-state index in [-0.39, 0.29) is 0 Å². The summed E-state index contributed by atoms with van der Waals surface area (Å²) in [6.07, 6.45) is 7.93. The SMILES string of the molecule is CCCNCc1nnnn1CCC1CCCC(C)C1. The van der Waals surface area contributed by atoms with Gasteiger partial charge in [-0.3, -0.25) is 0 Å². The first kappa shape index (κ1) is 14.4. The van der Waals surface area contributed by atoms with Gasteiger partial charge in [-0.15, -0.1) is 5.10 Å². The van der Waals surface area contributed by atoms with E-state index in [2.05, 4.69) is 34.7 Å². The minimum atomic E-state index is 0.780. The largest absolute Gasteiger partial charge is 0.310 e. The van der Waals surface area contributed by atoms with Crippen molar-refractivity contribution in [1.82, 2.24) is 25.5 Å². The summed E-state index contributed by atoms with van der Waals surface area (Å²) >= 11 is 0. The molecule has 0 amide bonds. The third-order valence-corrected chi connectivity index (χ3v) is 4.11. The Morgan fingerprint density at radius 3 is 3.05 bits per heavy atom. The van der Waals surface area contributed by atoms with Gasteiger partial charge in [-0.1, -0.05) is 33.1 Å². The highest BCUT2D eigenvalue weighted by Gasteiger charge is 2.19. The van der Waals surface area contributed by atoms with Crippen LogP contribution in [0.3, 0.4) is 0 Å². The van der Waals surface area contributed by atoms with Crippen molar-refractivity contribution in [3.8, 4) is 0 Å². The second-order valence-electron chi connectivity index (χ2n) is 5.92. The van der Waals surface area contributed by atoms with E-state index in [1.807, 2.05) is 4.68 Å². The Balaban J connectivity index is 1.77. The highest BCUT2D eigenvalue weighted by atomic mass is 15.5. The van der Waals surface area contributed by atoms with Crippen LogP contribution in [0.2, 0.25) is 0 Å². The summed E-state index contributed by atoms with van der Waals surface area (Å²) in [4.78, 5) is 0. The third kappa shape index (κ3) is 4.56. The van der Waals surface area contributed by atoms with Crippen LogP contribution >= 0.6 is 0 Å². The molecule has 108 valence electrons. The Morgan fingerprint density at radius 1 is 1.37 bits per heavy atom. The third-order valence-electron chi connectivity index (χ3n) is 4.11. The molecule has 2 atom stereocenters. The fourth-order valence-electron chi connectivity index (χ4n) is 3.03.